The first-order chi connectivity index (χ1) is 7.13. The molecule has 0 aromatic heterocycles. The van der Waals surface area contributed by atoms with Crippen molar-refractivity contribution in [3.63, 3.8) is 0 Å². The summed E-state index contributed by atoms with van der Waals surface area (Å²) >= 11 is 0. The van der Waals surface area contributed by atoms with E-state index in [1.807, 2.05) is 18.9 Å². The van der Waals surface area contributed by atoms with E-state index in [1.54, 1.807) is 0 Å². The topological polar surface area (TPSA) is 32.8 Å². The van der Waals surface area contributed by atoms with Crippen molar-refractivity contribution < 1.29 is 9.53 Å². The standard InChI is InChI=1S/C11H24N2O2/c1-5-13(6-2)9-8-12(4)10-11(14)15-7-3/h5-10H2,1-4H3. The molecule has 15 heavy (non-hydrogen) atoms. The summed E-state index contributed by atoms with van der Waals surface area (Å²) in [5.74, 6) is -0.139. The van der Waals surface area contributed by atoms with Crippen molar-refractivity contribution in [2.75, 3.05) is 46.4 Å². The Labute approximate surface area is 93.2 Å². The lowest BCUT2D eigenvalue weighted by molar-refractivity contribution is -0.144. The van der Waals surface area contributed by atoms with Crippen LogP contribution in [0.4, 0.5) is 0 Å². The van der Waals surface area contributed by atoms with Crippen LogP contribution in [0, 0.1) is 0 Å². The molecule has 0 rings (SSSR count). The first-order valence-electron chi connectivity index (χ1n) is 5.70. The van der Waals surface area contributed by atoms with E-state index in [4.69, 9.17) is 4.74 Å². The molecule has 0 aliphatic heterocycles. The van der Waals surface area contributed by atoms with Crippen molar-refractivity contribution in [1.82, 2.24) is 9.80 Å². The quantitative estimate of drug-likeness (QED) is 0.562. The van der Waals surface area contributed by atoms with Gasteiger partial charge in [-0.2, -0.15) is 0 Å². The van der Waals surface area contributed by atoms with Gasteiger partial charge in [0.25, 0.3) is 0 Å². The van der Waals surface area contributed by atoms with Gasteiger partial charge in [-0.25, -0.2) is 0 Å². The van der Waals surface area contributed by atoms with E-state index in [1.165, 1.54) is 0 Å². The number of ether oxygens (including phenoxy) is 1. The molecule has 0 saturated carbocycles. The van der Waals surface area contributed by atoms with Gasteiger partial charge in [0.05, 0.1) is 13.2 Å². The van der Waals surface area contributed by atoms with E-state index in [0.29, 0.717) is 13.2 Å². The van der Waals surface area contributed by atoms with E-state index in [-0.39, 0.29) is 5.97 Å². The lowest BCUT2D eigenvalue weighted by Crippen LogP contribution is -2.36. The van der Waals surface area contributed by atoms with Gasteiger partial charge in [-0.3, -0.25) is 9.69 Å². The predicted octanol–water partition coefficient (Wildman–Crippen LogP) is 0.823. The van der Waals surface area contributed by atoms with Gasteiger partial charge < -0.3 is 9.64 Å². The number of rotatable bonds is 8. The second-order valence-electron chi connectivity index (χ2n) is 3.57. The summed E-state index contributed by atoms with van der Waals surface area (Å²) in [6.45, 7) is 11.0. The highest BCUT2D eigenvalue weighted by Gasteiger charge is 2.07. The molecule has 4 heteroatoms. The zero-order valence-corrected chi connectivity index (χ0v) is 10.5. The molecule has 0 heterocycles. The summed E-state index contributed by atoms with van der Waals surface area (Å²) in [7, 11) is 1.94. The van der Waals surface area contributed by atoms with Gasteiger partial charge in [0.15, 0.2) is 0 Å². The zero-order valence-electron chi connectivity index (χ0n) is 10.5. The minimum atomic E-state index is -0.139. The maximum Gasteiger partial charge on any atom is 0.320 e. The van der Waals surface area contributed by atoms with E-state index < -0.39 is 0 Å². The Kier molecular flexibility index (Phi) is 8.33. The Morgan fingerprint density at radius 1 is 1.13 bits per heavy atom. The third kappa shape index (κ3) is 7.33. The summed E-state index contributed by atoms with van der Waals surface area (Å²) in [4.78, 5) is 15.5. The Balaban J connectivity index is 3.64. The van der Waals surface area contributed by atoms with Crippen LogP contribution in [-0.4, -0.2) is 62.1 Å². The first kappa shape index (κ1) is 14.4. The molecule has 0 atom stereocenters. The molecule has 0 aromatic carbocycles. The summed E-state index contributed by atoms with van der Waals surface area (Å²) < 4.78 is 4.88. The first-order valence-corrected chi connectivity index (χ1v) is 5.70. The third-order valence-electron chi connectivity index (χ3n) is 2.40. The highest BCUT2D eigenvalue weighted by atomic mass is 16.5. The Bertz CT molecular complexity index is 170. The van der Waals surface area contributed by atoms with Gasteiger partial charge in [-0.15, -0.1) is 0 Å². The Morgan fingerprint density at radius 2 is 1.73 bits per heavy atom. The molecule has 0 aromatic rings. The van der Waals surface area contributed by atoms with Crippen molar-refractivity contribution in [3.8, 4) is 0 Å². The summed E-state index contributed by atoms with van der Waals surface area (Å²) in [6, 6.07) is 0. The van der Waals surface area contributed by atoms with Crippen molar-refractivity contribution in [1.29, 1.82) is 0 Å². The summed E-state index contributed by atoms with van der Waals surface area (Å²) in [6.07, 6.45) is 0. The largest absolute Gasteiger partial charge is 0.465 e. The fraction of sp³-hybridized carbons (Fsp3) is 0.909. The maximum atomic E-state index is 11.2. The number of hydrogen-bond donors (Lipinski definition) is 0. The Hall–Kier alpha value is -0.610. The number of carbonyl (C=O) groups is 1. The SMILES string of the molecule is CCOC(=O)CN(C)CCN(CC)CC. The van der Waals surface area contributed by atoms with Crippen LogP contribution in [-0.2, 0) is 9.53 Å². The van der Waals surface area contributed by atoms with Gasteiger partial charge in [-0.05, 0) is 27.1 Å². The number of likely N-dealkylation sites (N-methyl/N-ethyl adjacent to an activating group) is 2. The smallest absolute Gasteiger partial charge is 0.320 e. The van der Waals surface area contributed by atoms with E-state index >= 15 is 0 Å². The molecule has 0 unspecified atom stereocenters. The second-order valence-corrected chi connectivity index (χ2v) is 3.57. The van der Waals surface area contributed by atoms with Crippen LogP contribution >= 0.6 is 0 Å². The lowest BCUT2D eigenvalue weighted by Gasteiger charge is -2.22. The number of carbonyl (C=O) groups excluding carboxylic acids is 1. The van der Waals surface area contributed by atoms with Gasteiger partial charge in [-0.1, -0.05) is 13.8 Å². The van der Waals surface area contributed by atoms with Crippen LogP contribution in [0.2, 0.25) is 0 Å². The van der Waals surface area contributed by atoms with Crippen LogP contribution in [0.5, 0.6) is 0 Å². The van der Waals surface area contributed by atoms with Crippen molar-refractivity contribution >= 4 is 5.97 Å². The van der Waals surface area contributed by atoms with E-state index in [2.05, 4.69) is 18.7 Å². The highest BCUT2D eigenvalue weighted by Crippen LogP contribution is 1.90. The monoisotopic (exact) mass is 216 g/mol. The maximum absolute atomic E-state index is 11.2. The van der Waals surface area contributed by atoms with E-state index in [9.17, 15) is 4.79 Å². The molecular weight excluding hydrogens is 192 g/mol. The molecular formula is C11H24N2O2. The number of hydrogen-bond acceptors (Lipinski definition) is 4. The van der Waals surface area contributed by atoms with Gasteiger partial charge in [0.2, 0.25) is 0 Å². The van der Waals surface area contributed by atoms with Crippen LogP contribution < -0.4 is 0 Å². The van der Waals surface area contributed by atoms with Crippen molar-refractivity contribution in [2.24, 2.45) is 0 Å². The molecule has 0 fully saturated rings. The van der Waals surface area contributed by atoms with Crippen LogP contribution in [0.3, 0.4) is 0 Å². The normalized spacial score (nSPS) is 11.1. The average Bonchev–Trinajstić information content (AvgIpc) is 2.19. The Morgan fingerprint density at radius 3 is 2.20 bits per heavy atom. The van der Waals surface area contributed by atoms with Crippen LogP contribution in [0.25, 0.3) is 0 Å². The van der Waals surface area contributed by atoms with Crippen LogP contribution in [0.15, 0.2) is 0 Å². The molecule has 0 saturated heterocycles. The molecule has 90 valence electrons. The molecule has 4 nitrogen and oxygen atoms in total. The zero-order chi connectivity index (χ0) is 11.7. The van der Waals surface area contributed by atoms with Crippen molar-refractivity contribution in [2.45, 2.75) is 20.8 Å². The van der Waals surface area contributed by atoms with Gasteiger partial charge >= 0.3 is 5.97 Å². The van der Waals surface area contributed by atoms with Crippen molar-refractivity contribution in [3.05, 3.63) is 0 Å². The lowest BCUT2D eigenvalue weighted by atomic mass is 10.4. The molecule has 0 aliphatic carbocycles. The van der Waals surface area contributed by atoms with Gasteiger partial charge in [0, 0.05) is 13.1 Å². The minimum absolute atomic E-state index is 0.139. The number of esters is 1. The summed E-state index contributed by atoms with van der Waals surface area (Å²) in [5, 5.41) is 0. The molecule has 0 N–H and O–H groups in total. The van der Waals surface area contributed by atoms with Gasteiger partial charge in [0.1, 0.15) is 0 Å². The second kappa shape index (κ2) is 8.68. The average molecular weight is 216 g/mol. The fourth-order valence-electron chi connectivity index (χ4n) is 1.36. The molecule has 0 radical (unpaired) electrons. The number of nitrogens with zero attached hydrogens (tertiary/aromatic N) is 2. The minimum Gasteiger partial charge on any atom is -0.465 e. The molecule has 0 amide bonds. The van der Waals surface area contributed by atoms with Crippen LogP contribution in [0.1, 0.15) is 20.8 Å². The molecule has 0 spiro atoms. The fourth-order valence-corrected chi connectivity index (χ4v) is 1.36. The molecule has 0 bridgehead atoms. The predicted molar refractivity (Wildman–Crippen MR) is 61.9 cm³/mol. The van der Waals surface area contributed by atoms with E-state index in [0.717, 1.165) is 26.2 Å². The molecule has 0 aliphatic rings. The third-order valence-corrected chi connectivity index (χ3v) is 2.40. The summed E-state index contributed by atoms with van der Waals surface area (Å²) in [5.41, 5.74) is 0. The highest BCUT2D eigenvalue weighted by molar-refractivity contribution is 5.71.